The van der Waals surface area contributed by atoms with E-state index in [2.05, 4.69) is 67.9 Å². The van der Waals surface area contributed by atoms with E-state index in [1.54, 1.807) is 0 Å². The first-order chi connectivity index (χ1) is 18.6. The van der Waals surface area contributed by atoms with Gasteiger partial charge in [0.1, 0.15) is 11.8 Å². The number of nitrogens with zero attached hydrogens (tertiary/aromatic N) is 5. The van der Waals surface area contributed by atoms with Crippen LogP contribution >= 0.6 is 0 Å². The third kappa shape index (κ3) is 4.41. The molecule has 5 heterocycles. The molecule has 7 rings (SSSR count). The summed E-state index contributed by atoms with van der Waals surface area (Å²) in [7, 11) is 0. The molecule has 0 atom stereocenters. The van der Waals surface area contributed by atoms with Crippen LogP contribution in [0.4, 0.5) is 10.1 Å². The Balaban J connectivity index is 1.01. The normalized spacial score (nSPS) is 24.0. The van der Waals surface area contributed by atoms with E-state index in [9.17, 15) is 4.39 Å². The van der Waals surface area contributed by atoms with Crippen LogP contribution in [-0.2, 0) is 13.1 Å². The summed E-state index contributed by atoms with van der Waals surface area (Å²) in [6.07, 6.45) is 20.3. The van der Waals surface area contributed by atoms with Crippen LogP contribution in [-0.4, -0.2) is 45.1 Å². The fourth-order valence-electron chi connectivity index (χ4n) is 6.91. The number of rotatable bonds is 7. The highest BCUT2D eigenvalue weighted by molar-refractivity contribution is 5.83. The van der Waals surface area contributed by atoms with Gasteiger partial charge in [-0.05, 0) is 55.9 Å². The van der Waals surface area contributed by atoms with Gasteiger partial charge >= 0.3 is 0 Å². The summed E-state index contributed by atoms with van der Waals surface area (Å²) in [4.78, 5) is 14.2. The maximum absolute atomic E-state index is 13.0. The van der Waals surface area contributed by atoms with Gasteiger partial charge < -0.3 is 19.5 Å². The molecule has 3 fully saturated rings. The summed E-state index contributed by atoms with van der Waals surface area (Å²) in [6.45, 7) is 9.09. The second-order valence-corrected chi connectivity index (χ2v) is 12.0. The van der Waals surface area contributed by atoms with Crippen molar-refractivity contribution in [1.29, 1.82) is 0 Å². The average molecular weight is 513 g/mol. The summed E-state index contributed by atoms with van der Waals surface area (Å²) < 4.78 is 15.1. The number of fused-ring (bicyclic) bond motifs is 2. The lowest BCUT2D eigenvalue weighted by molar-refractivity contribution is 0.129. The maximum atomic E-state index is 13.0. The summed E-state index contributed by atoms with van der Waals surface area (Å²) in [6, 6.07) is 4.19. The lowest BCUT2D eigenvalue weighted by atomic mass is 9.68. The smallest absolute Gasteiger partial charge is 0.137 e. The number of aromatic nitrogens is 3. The van der Waals surface area contributed by atoms with E-state index < -0.39 is 6.17 Å². The highest BCUT2D eigenvalue weighted by Gasteiger charge is 2.44. The van der Waals surface area contributed by atoms with Gasteiger partial charge in [-0.25, -0.2) is 9.37 Å². The molecule has 1 saturated heterocycles. The molecule has 0 radical (unpaired) electrons. The SMILES string of the molecule is C=C1c2cncc(N3CC4(CCCCC4)C3)c2C=CN1Cc1cn2cc(CNCC3CC(F)C3)ccc2n1. The Hall–Kier alpha value is -3.19. The Bertz CT molecular complexity index is 1370. The zero-order chi connectivity index (χ0) is 25.7. The first kappa shape index (κ1) is 23.9. The van der Waals surface area contributed by atoms with Gasteiger partial charge in [-0.2, -0.15) is 0 Å². The molecule has 2 aliphatic heterocycles. The second kappa shape index (κ2) is 9.53. The molecule has 0 unspecified atom stereocenters. The number of halogens is 1. The third-order valence-electron chi connectivity index (χ3n) is 9.19. The van der Waals surface area contributed by atoms with Crippen LogP contribution in [0.2, 0.25) is 0 Å². The predicted octanol–water partition coefficient (Wildman–Crippen LogP) is 5.79. The van der Waals surface area contributed by atoms with Gasteiger partial charge in [-0.15, -0.1) is 0 Å². The molecule has 3 aromatic heterocycles. The van der Waals surface area contributed by atoms with Crippen LogP contribution in [0, 0.1) is 11.3 Å². The van der Waals surface area contributed by atoms with Crippen LogP contribution < -0.4 is 10.2 Å². The van der Waals surface area contributed by atoms with Crippen molar-refractivity contribution in [3.05, 3.63) is 72.1 Å². The number of nitrogens with one attached hydrogen (secondary N) is 1. The van der Waals surface area contributed by atoms with Crippen molar-refractivity contribution in [3.63, 3.8) is 0 Å². The molecule has 4 aliphatic rings. The van der Waals surface area contributed by atoms with E-state index in [-0.39, 0.29) is 0 Å². The van der Waals surface area contributed by atoms with Crippen molar-refractivity contribution in [2.75, 3.05) is 24.5 Å². The lowest BCUT2D eigenvalue weighted by Crippen LogP contribution is -2.57. The molecule has 2 saturated carbocycles. The number of anilines is 1. The number of hydrogen-bond donors (Lipinski definition) is 1. The molecule has 1 N–H and O–H groups in total. The zero-order valence-corrected chi connectivity index (χ0v) is 22.1. The minimum atomic E-state index is -0.588. The molecule has 6 nitrogen and oxygen atoms in total. The number of alkyl halides is 1. The first-order valence-corrected chi connectivity index (χ1v) is 14.2. The quantitative estimate of drug-likeness (QED) is 0.434. The maximum Gasteiger partial charge on any atom is 0.137 e. The van der Waals surface area contributed by atoms with Gasteiger partial charge in [0.05, 0.1) is 24.1 Å². The largest absolute Gasteiger partial charge is 0.369 e. The average Bonchev–Trinajstić information content (AvgIpc) is 3.30. The number of hydrogen-bond acceptors (Lipinski definition) is 5. The fraction of sp³-hybridized carbons (Fsp3) is 0.484. The molecular formula is C31H37FN6. The molecule has 38 heavy (non-hydrogen) atoms. The number of imidazole rings is 1. The fourth-order valence-corrected chi connectivity index (χ4v) is 6.91. The Kier molecular flexibility index (Phi) is 5.99. The molecule has 198 valence electrons. The van der Waals surface area contributed by atoms with E-state index in [4.69, 9.17) is 4.98 Å². The molecule has 0 bridgehead atoms. The lowest BCUT2D eigenvalue weighted by Gasteiger charge is -2.54. The van der Waals surface area contributed by atoms with Gasteiger partial charge in [0.25, 0.3) is 0 Å². The van der Waals surface area contributed by atoms with Gasteiger partial charge in [0.2, 0.25) is 0 Å². The Morgan fingerprint density at radius 2 is 1.92 bits per heavy atom. The zero-order valence-electron chi connectivity index (χ0n) is 22.1. The van der Waals surface area contributed by atoms with Crippen molar-refractivity contribution >= 4 is 23.1 Å². The summed E-state index contributed by atoms with van der Waals surface area (Å²) in [5.41, 5.74) is 8.24. The highest BCUT2D eigenvalue weighted by atomic mass is 19.1. The topological polar surface area (TPSA) is 48.7 Å². The van der Waals surface area contributed by atoms with Crippen molar-refractivity contribution in [2.24, 2.45) is 11.3 Å². The third-order valence-corrected chi connectivity index (χ3v) is 9.19. The van der Waals surface area contributed by atoms with Crippen LogP contribution in [0.25, 0.3) is 17.4 Å². The minimum absolute atomic E-state index is 0.482. The van der Waals surface area contributed by atoms with Gasteiger partial charge in [0.15, 0.2) is 0 Å². The summed E-state index contributed by atoms with van der Waals surface area (Å²) in [5.74, 6) is 0.482. The van der Waals surface area contributed by atoms with E-state index >= 15 is 0 Å². The molecule has 3 aromatic rings. The van der Waals surface area contributed by atoms with Crippen LogP contribution in [0.3, 0.4) is 0 Å². The van der Waals surface area contributed by atoms with Crippen LogP contribution in [0.1, 0.15) is 67.3 Å². The van der Waals surface area contributed by atoms with E-state index in [0.717, 1.165) is 48.8 Å². The van der Waals surface area contributed by atoms with Crippen LogP contribution in [0.15, 0.2) is 49.7 Å². The minimum Gasteiger partial charge on any atom is -0.369 e. The Morgan fingerprint density at radius 3 is 2.74 bits per heavy atom. The molecule has 2 aliphatic carbocycles. The van der Waals surface area contributed by atoms with Crippen molar-refractivity contribution in [2.45, 2.75) is 64.2 Å². The highest BCUT2D eigenvalue weighted by Crippen LogP contribution is 2.47. The number of pyridine rings is 2. The van der Waals surface area contributed by atoms with Crippen molar-refractivity contribution in [1.82, 2.24) is 24.6 Å². The molecule has 0 aromatic carbocycles. The van der Waals surface area contributed by atoms with Gasteiger partial charge in [0, 0.05) is 66.7 Å². The van der Waals surface area contributed by atoms with Crippen molar-refractivity contribution in [3.8, 4) is 0 Å². The van der Waals surface area contributed by atoms with E-state index in [0.29, 0.717) is 30.7 Å². The second-order valence-electron chi connectivity index (χ2n) is 12.0. The predicted molar refractivity (Wildman–Crippen MR) is 150 cm³/mol. The van der Waals surface area contributed by atoms with Crippen LogP contribution in [0.5, 0.6) is 0 Å². The Labute approximate surface area is 224 Å². The summed E-state index contributed by atoms with van der Waals surface area (Å²) in [5, 5.41) is 3.48. The first-order valence-electron chi connectivity index (χ1n) is 14.2. The van der Waals surface area contributed by atoms with E-state index in [1.807, 2.05) is 12.4 Å². The Morgan fingerprint density at radius 1 is 1.08 bits per heavy atom. The molecule has 1 spiro atoms. The standard InChI is InChI=1S/C31H37FN6/c1-22-28-15-34-16-29(38-20-31(21-38)8-3-2-4-9-31)27(28)7-10-36(22)18-26-19-37-17-23(5-6-30(37)35-26)13-33-14-24-11-25(32)12-24/h5-7,10,15-17,19,24-25,33H,1-4,8-9,11-14,18,20-21H2. The van der Waals surface area contributed by atoms with Gasteiger partial charge in [-0.1, -0.05) is 31.9 Å². The van der Waals surface area contributed by atoms with E-state index in [1.165, 1.54) is 48.9 Å². The monoisotopic (exact) mass is 512 g/mol. The molecular weight excluding hydrogens is 475 g/mol. The summed E-state index contributed by atoms with van der Waals surface area (Å²) >= 11 is 0. The van der Waals surface area contributed by atoms with Crippen molar-refractivity contribution < 1.29 is 4.39 Å². The van der Waals surface area contributed by atoms with Gasteiger partial charge in [-0.3, -0.25) is 4.98 Å². The molecule has 7 heteroatoms. The molecule has 0 amide bonds.